The van der Waals surface area contributed by atoms with E-state index in [2.05, 4.69) is 0 Å². The van der Waals surface area contributed by atoms with Crippen LogP contribution in [0.3, 0.4) is 0 Å². The summed E-state index contributed by atoms with van der Waals surface area (Å²) >= 11 is 0. The van der Waals surface area contributed by atoms with Crippen molar-refractivity contribution in [3.63, 3.8) is 0 Å². The van der Waals surface area contributed by atoms with Gasteiger partial charge < -0.3 is 10.0 Å². The lowest BCUT2D eigenvalue weighted by Gasteiger charge is -2.28. The smallest absolute Gasteiger partial charge is 0.323 e. The van der Waals surface area contributed by atoms with E-state index in [0.29, 0.717) is 0 Å². The Balaban J connectivity index is 2.91. The number of benzene rings is 1. The highest BCUT2D eigenvalue weighted by Gasteiger charge is 2.32. The van der Waals surface area contributed by atoms with Gasteiger partial charge in [0.15, 0.2) is 0 Å². The maximum absolute atomic E-state index is 12.2. The van der Waals surface area contributed by atoms with Crippen molar-refractivity contribution in [2.45, 2.75) is 19.3 Å². The van der Waals surface area contributed by atoms with Crippen molar-refractivity contribution in [3.8, 4) is 0 Å². The number of hydrogen-bond acceptors (Lipinski definition) is 2. The molecule has 1 aromatic rings. The molecule has 1 amide bonds. The van der Waals surface area contributed by atoms with E-state index < -0.39 is 11.4 Å². The van der Waals surface area contributed by atoms with Gasteiger partial charge in [-0.3, -0.25) is 9.59 Å². The fourth-order valence-corrected chi connectivity index (χ4v) is 1.73. The van der Waals surface area contributed by atoms with E-state index in [4.69, 9.17) is 5.11 Å². The molecule has 0 fully saturated rings. The summed E-state index contributed by atoms with van der Waals surface area (Å²) in [6.07, 6.45) is 0. The van der Waals surface area contributed by atoms with Gasteiger partial charge >= 0.3 is 5.97 Å². The van der Waals surface area contributed by atoms with Crippen LogP contribution in [-0.2, 0) is 15.0 Å². The van der Waals surface area contributed by atoms with E-state index >= 15 is 0 Å². The van der Waals surface area contributed by atoms with Crippen LogP contribution in [0.1, 0.15) is 19.4 Å². The van der Waals surface area contributed by atoms with Crippen LogP contribution in [0.15, 0.2) is 30.3 Å². The molecule has 1 N–H and O–H groups in total. The van der Waals surface area contributed by atoms with Gasteiger partial charge in [-0.05, 0) is 19.4 Å². The molecule has 4 heteroatoms. The molecule has 1 aromatic carbocycles. The Bertz CT molecular complexity index is 412. The lowest BCUT2D eigenvalue weighted by atomic mass is 9.83. The van der Waals surface area contributed by atoms with Crippen LogP contribution in [0.25, 0.3) is 0 Å². The Morgan fingerprint density at radius 1 is 1.24 bits per heavy atom. The molecule has 0 spiro atoms. The normalized spacial score (nSPS) is 11.0. The molecule has 0 aromatic heterocycles. The first-order chi connectivity index (χ1) is 7.85. The second-order valence-corrected chi connectivity index (χ2v) is 4.55. The molecule has 0 atom stereocenters. The number of amides is 1. The summed E-state index contributed by atoms with van der Waals surface area (Å²) in [5.74, 6) is -1.21. The zero-order valence-corrected chi connectivity index (χ0v) is 10.3. The molecule has 4 nitrogen and oxygen atoms in total. The number of nitrogens with zero attached hydrogens (tertiary/aromatic N) is 1. The van der Waals surface area contributed by atoms with Gasteiger partial charge in [-0.2, -0.15) is 0 Å². The number of likely N-dealkylation sites (N-methyl/N-ethyl adjacent to an activating group) is 1. The van der Waals surface area contributed by atoms with Gasteiger partial charge in [-0.15, -0.1) is 0 Å². The first-order valence-corrected chi connectivity index (χ1v) is 5.38. The van der Waals surface area contributed by atoms with E-state index in [1.54, 1.807) is 13.8 Å². The number of hydrogen-bond donors (Lipinski definition) is 1. The number of rotatable bonds is 4. The van der Waals surface area contributed by atoms with Crippen molar-refractivity contribution in [3.05, 3.63) is 35.9 Å². The molecular weight excluding hydrogens is 218 g/mol. The van der Waals surface area contributed by atoms with Crippen LogP contribution in [0.5, 0.6) is 0 Å². The van der Waals surface area contributed by atoms with Crippen LogP contribution in [0.2, 0.25) is 0 Å². The Labute approximate surface area is 101 Å². The summed E-state index contributed by atoms with van der Waals surface area (Å²) in [6, 6.07) is 9.34. The molecular formula is C13H17NO3. The van der Waals surface area contributed by atoms with Crippen molar-refractivity contribution in [2.24, 2.45) is 0 Å². The Kier molecular flexibility index (Phi) is 3.89. The molecule has 0 heterocycles. The molecule has 92 valence electrons. The van der Waals surface area contributed by atoms with Crippen molar-refractivity contribution in [1.82, 2.24) is 4.90 Å². The lowest BCUT2D eigenvalue weighted by molar-refractivity contribution is -0.145. The summed E-state index contributed by atoms with van der Waals surface area (Å²) in [5.41, 5.74) is 0.160. The maximum atomic E-state index is 12.2. The number of aliphatic carboxylic acids is 1. The zero-order chi connectivity index (χ0) is 13.1. The van der Waals surface area contributed by atoms with Crippen molar-refractivity contribution < 1.29 is 14.7 Å². The van der Waals surface area contributed by atoms with Crippen molar-refractivity contribution in [1.29, 1.82) is 0 Å². The Morgan fingerprint density at radius 2 is 1.76 bits per heavy atom. The van der Waals surface area contributed by atoms with Crippen LogP contribution in [-0.4, -0.2) is 35.5 Å². The van der Waals surface area contributed by atoms with Gasteiger partial charge in [-0.1, -0.05) is 30.3 Å². The average Bonchev–Trinajstić information content (AvgIpc) is 2.28. The molecule has 0 unspecified atom stereocenters. The Hall–Kier alpha value is -1.84. The largest absolute Gasteiger partial charge is 0.480 e. The number of carboxylic acids is 1. The average molecular weight is 235 g/mol. The number of carbonyl (C=O) groups excluding carboxylic acids is 1. The van der Waals surface area contributed by atoms with Gasteiger partial charge in [0, 0.05) is 7.05 Å². The zero-order valence-electron chi connectivity index (χ0n) is 10.3. The highest BCUT2D eigenvalue weighted by atomic mass is 16.4. The van der Waals surface area contributed by atoms with Gasteiger partial charge in [0.25, 0.3) is 0 Å². The number of carbonyl (C=O) groups is 2. The van der Waals surface area contributed by atoms with Crippen molar-refractivity contribution >= 4 is 11.9 Å². The first kappa shape index (κ1) is 13.2. The highest BCUT2D eigenvalue weighted by Crippen LogP contribution is 2.24. The third kappa shape index (κ3) is 3.06. The topological polar surface area (TPSA) is 57.6 Å². The summed E-state index contributed by atoms with van der Waals surface area (Å²) in [5, 5.41) is 8.68. The molecule has 0 aliphatic heterocycles. The molecule has 0 bridgehead atoms. The quantitative estimate of drug-likeness (QED) is 0.860. The molecule has 1 rings (SSSR count). The molecule has 0 radical (unpaired) electrons. The van der Waals surface area contributed by atoms with E-state index in [-0.39, 0.29) is 12.5 Å². The van der Waals surface area contributed by atoms with Crippen LogP contribution >= 0.6 is 0 Å². The third-order valence-electron chi connectivity index (χ3n) is 2.75. The van der Waals surface area contributed by atoms with Crippen LogP contribution < -0.4 is 0 Å². The van der Waals surface area contributed by atoms with Gasteiger partial charge in [0.05, 0.1) is 5.41 Å². The van der Waals surface area contributed by atoms with Gasteiger partial charge in [0.1, 0.15) is 6.54 Å². The summed E-state index contributed by atoms with van der Waals surface area (Å²) < 4.78 is 0. The second kappa shape index (κ2) is 4.99. The summed E-state index contributed by atoms with van der Waals surface area (Å²) in [7, 11) is 1.50. The molecule has 0 saturated carbocycles. The fourth-order valence-electron chi connectivity index (χ4n) is 1.73. The van der Waals surface area contributed by atoms with E-state index in [1.165, 1.54) is 11.9 Å². The fraction of sp³-hybridized carbons (Fsp3) is 0.385. The minimum absolute atomic E-state index is 0.203. The second-order valence-electron chi connectivity index (χ2n) is 4.55. The van der Waals surface area contributed by atoms with Crippen LogP contribution in [0, 0.1) is 0 Å². The molecule has 0 aliphatic carbocycles. The van der Waals surface area contributed by atoms with E-state index in [0.717, 1.165) is 5.56 Å². The Morgan fingerprint density at radius 3 is 2.24 bits per heavy atom. The maximum Gasteiger partial charge on any atom is 0.323 e. The summed E-state index contributed by atoms with van der Waals surface area (Å²) in [6.45, 7) is 3.31. The van der Waals surface area contributed by atoms with E-state index in [1.807, 2.05) is 30.3 Å². The van der Waals surface area contributed by atoms with Crippen molar-refractivity contribution in [2.75, 3.05) is 13.6 Å². The number of carboxylic acid groups (broad SMARTS) is 1. The lowest BCUT2D eigenvalue weighted by Crippen LogP contribution is -2.43. The summed E-state index contributed by atoms with van der Waals surface area (Å²) in [4.78, 5) is 24.0. The molecule has 17 heavy (non-hydrogen) atoms. The van der Waals surface area contributed by atoms with Gasteiger partial charge in [0.2, 0.25) is 5.91 Å². The first-order valence-electron chi connectivity index (χ1n) is 5.38. The minimum Gasteiger partial charge on any atom is -0.480 e. The van der Waals surface area contributed by atoms with Gasteiger partial charge in [-0.25, -0.2) is 0 Å². The van der Waals surface area contributed by atoms with Crippen LogP contribution in [0.4, 0.5) is 0 Å². The third-order valence-corrected chi connectivity index (χ3v) is 2.75. The predicted octanol–water partition coefficient (Wildman–Crippen LogP) is 1.51. The molecule has 0 saturated heterocycles. The predicted molar refractivity (Wildman–Crippen MR) is 64.7 cm³/mol. The van der Waals surface area contributed by atoms with E-state index in [9.17, 15) is 9.59 Å². The highest BCUT2D eigenvalue weighted by molar-refractivity contribution is 5.89. The SMILES string of the molecule is CN(CC(=O)O)C(=O)C(C)(C)c1ccccc1. The standard InChI is InChI=1S/C13H17NO3/c1-13(2,10-7-5-4-6-8-10)12(17)14(3)9-11(15)16/h4-8H,9H2,1-3H3,(H,15,16). The minimum atomic E-state index is -1.01. The monoisotopic (exact) mass is 235 g/mol. The molecule has 0 aliphatic rings.